The highest BCUT2D eigenvalue weighted by Gasteiger charge is 2.42. The molecule has 1 N–H and O–H groups in total. The van der Waals surface area contributed by atoms with Crippen LogP contribution in [0.4, 0.5) is 4.79 Å². The van der Waals surface area contributed by atoms with Gasteiger partial charge >= 0.3 is 12.0 Å². The molecule has 46 heavy (non-hydrogen) atoms. The molecule has 0 aromatic heterocycles. The summed E-state index contributed by atoms with van der Waals surface area (Å²) in [6.45, 7) is 5.41. The molecule has 4 rings (SSSR count). The minimum absolute atomic E-state index is 0.0175. The molecule has 0 saturated carbocycles. The Kier molecular flexibility index (Phi) is 11.1. The zero-order valence-corrected chi connectivity index (χ0v) is 27.1. The van der Waals surface area contributed by atoms with E-state index in [-0.39, 0.29) is 41.7 Å². The minimum atomic E-state index is -1.26. The van der Waals surface area contributed by atoms with E-state index in [1.165, 1.54) is 12.1 Å². The number of nitrogens with zero attached hydrogens (tertiary/aromatic N) is 1. The van der Waals surface area contributed by atoms with Gasteiger partial charge < -0.3 is 29.0 Å². The maximum atomic E-state index is 13.7. The normalized spacial score (nSPS) is 14.5. The second-order valence-electron chi connectivity index (χ2n) is 11.5. The fraction of sp³-hybridized carbons (Fsp3) is 0.353. The molecule has 12 heteroatoms. The molecule has 11 nitrogen and oxygen atoms in total. The lowest BCUT2D eigenvalue weighted by molar-refractivity contribution is -0.137. The van der Waals surface area contributed by atoms with E-state index in [1.807, 2.05) is 12.1 Å². The summed E-state index contributed by atoms with van der Waals surface area (Å²) in [6.07, 6.45) is -0.437. The predicted octanol–water partition coefficient (Wildman–Crippen LogP) is 5.74. The van der Waals surface area contributed by atoms with E-state index in [0.29, 0.717) is 29.4 Å². The van der Waals surface area contributed by atoms with Crippen molar-refractivity contribution in [2.24, 2.45) is 0 Å². The summed E-state index contributed by atoms with van der Waals surface area (Å²) in [5.41, 5.74) is 0.363. The topological polar surface area (TPSA) is 130 Å². The molecule has 1 heterocycles. The summed E-state index contributed by atoms with van der Waals surface area (Å²) in [7, 11) is 3.14. The van der Waals surface area contributed by atoms with Crippen LogP contribution >= 0.6 is 11.6 Å². The van der Waals surface area contributed by atoms with Gasteiger partial charge in [0.1, 0.15) is 36.4 Å². The van der Waals surface area contributed by atoms with E-state index in [2.05, 4.69) is 5.32 Å². The van der Waals surface area contributed by atoms with Gasteiger partial charge in [0.25, 0.3) is 5.78 Å². The van der Waals surface area contributed by atoms with Gasteiger partial charge in [-0.25, -0.2) is 9.69 Å². The molecule has 0 unspecified atom stereocenters. The Morgan fingerprint density at radius 3 is 1.96 bits per heavy atom. The molecule has 3 aromatic carbocycles. The molecular weight excluding hydrogens is 616 g/mol. The average molecular weight is 653 g/mol. The van der Waals surface area contributed by atoms with Crippen LogP contribution < -0.4 is 24.3 Å². The zero-order chi connectivity index (χ0) is 33.4. The van der Waals surface area contributed by atoms with Gasteiger partial charge in [-0.3, -0.25) is 14.4 Å². The van der Waals surface area contributed by atoms with Crippen molar-refractivity contribution in [3.63, 3.8) is 0 Å². The Morgan fingerprint density at radius 2 is 1.43 bits per heavy atom. The maximum absolute atomic E-state index is 13.7. The molecule has 1 aliphatic heterocycles. The smallest absolute Gasteiger partial charge is 0.418 e. The lowest BCUT2D eigenvalue weighted by atomic mass is 10.0. The van der Waals surface area contributed by atoms with Gasteiger partial charge in [0.05, 0.1) is 24.8 Å². The molecule has 0 bridgehead atoms. The van der Waals surface area contributed by atoms with Crippen molar-refractivity contribution in [1.82, 2.24) is 10.2 Å². The van der Waals surface area contributed by atoms with E-state index in [0.717, 1.165) is 11.1 Å². The Hall–Kier alpha value is -4.77. The summed E-state index contributed by atoms with van der Waals surface area (Å²) in [6, 6.07) is 16.0. The van der Waals surface area contributed by atoms with Crippen molar-refractivity contribution < 1.29 is 42.9 Å². The van der Waals surface area contributed by atoms with E-state index < -0.39 is 35.3 Å². The van der Waals surface area contributed by atoms with Gasteiger partial charge in [-0.05, 0) is 81.1 Å². The number of nitrogens with one attached hydrogen (secondary N) is 1. The van der Waals surface area contributed by atoms with Gasteiger partial charge in [-0.1, -0.05) is 35.9 Å². The third-order valence-corrected chi connectivity index (χ3v) is 7.35. The number of carbonyl (C=O) groups is 4. The van der Waals surface area contributed by atoms with Crippen LogP contribution in [-0.4, -0.2) is 61.0 Å². The number of amides is 3. The monoisotopic (exact) mass is 652 g/mol. The number of ketones is 1. The molecule has 3 amide bonds. The van der Waals surface area contributed by atoms with Gasteiger partial charge in [-0.15, -0.1) is 0 Å². The molecule has 3 aromatic rings. The summed E-state index contributed by atoms with van der Waals surface area (Å²) < 4.78 is 28.0. The van der Waals surface area contributed by atoms with Crippen molar-refractivity contribution in [2.45, 2.75) is 58.5 Å². The number of hydrogen-bond donors (Lipinski definition) is 1. The number of ether oxygens (including phenoxy) is 5. The fourth-order valence-corrected chi connectivity index (χ4v) is 4.91. The molecule has 244 valence electrons. The van der Waals surface area contributed by atoms with Crippen LogP contribution in [0.1, 0.15) is 55.1 Å². The summed E-state index contributed by atoms with van der Waals surface area (Å²) in [4.78, 5) is 53.9. The van der Waals surface area contributed by atoms with Crippen molar-refractivity contribution >= 4 is 35.3 Å². The van der Waals surface area contributed by atoms with Crippen LogP contribution in [0.25, 0.3) is 0 Å². The van der Waals surface area contributed by atoms with Crippen LogP contribution in [0.2, 0.25) is 5.02 Å². The largest absolute Gasteiger partial charge is 0.497 e. The molecular formula is C34H37ClN2O9. The van der Waals surface area contributed by atoms with E-state index in [9.17, 15) is 19.2 Å². The highest BCUT2D eigenvalue weighted by atomic mass is 35.5. The second-order valence-corrected chi connectivity index (χ2v) is 11.8. The lowest BCUT2D eigenvalue weighted by Crippen LogP contribution is -2.57. The first-order valence-corrected chi connectivity index (χ1v) is 15.0. The number of methoxy groups -OCH3 is 2. The predicted molar refractivity (Wildman–Crippen MR) is 170 cm³/mol. The number of imide groups is 1. The summed E-state index contributed by atoms with van der Waals surface area (Å²) in [5, 5.41) is 2.44. The number of hydrogen-bond acceptors (Lipinski definition) is 9. The van der Waals surface area contributed by atoms with Gasteiger partial charge in [0.2, 0.25) is 5.91 Å². The third-order valence-electron chi connectivity index (χ3n) is 6.97. The molecule has 0 spiro atoms. The SMILES string of the molecule is COc1ccc(COc2ccc(C(=O)C(=O)N(C(=O)OC(C)(C)C)[C@H]3CCCNC3=O)c(Cl)c2OCc2ccc(OC)cc2)cc1. The number of benzene rings is 3. The molecule has 1 atom stereocenters. The van der Waals surface area contributed by atoms with Crippen molar-refractivity contribution in [2.75, 3.05) is 20.8 Å². The van der Waals surface area contributed by atoms with Gasteiger partial charge in [-0.2, -0.15) is 0 Å². The highest BCUT2D eigenvalue weighted by Crippen LogP contribution is 2.39. The summed E-state index contributed by atoms with van der Waals surface area (Å²) >= 11 is 6.76. The Morgan fingerprint density at radius 1 is 0.870 bits per heavy atom. The second kappa shape index (κ2) is 15.0. The number of halogens is 1. The van der Waals surface area contributed by atoms with Crippen LogP contribution in [0.3, 0.4) is 0 Å². The number of piperidine rings is 1. The first-order valence-electron chi connectivity index (χ1n) is 14.6. The first-order chi connectivity index (χ1) is 21.9. The van der Waals surface area contributed by atoms with Crippen LogP contribution in [0, 0.1) is 0 Å². The van der Waals surface area contributed by atoms with E-state index in [1.54, 1.807) is 71.4 Å². The summed E-state index contributed by atoms with van der Waals surface area (Å²) in [5.74, 6) is -1.35. The van der Waals surface area contributed by atoms with E-state index >= 15 is 0 Å². The lowest BCUT2D eigenvalue weighted by Gasteiger charge is -2.33. The van der Waals surface area contributed by atoms with Crippen molar-refractivity contribution in [3.8, 4) is 23.0 Å². The Labute approximate surface area is 272 Å². The third kappa shape index (κ3) is 8.48. The molecule has 1 aliphatic rings. The molecule has 1 fully saturated rings. The maximum Gasteiger partial charge on any atom is 0.418 e. The average Bonchev–Trinajstić information content (AvgIpc) is 3.03. The number of carbonyl (C=O) groups excluding carboxylic acids is 4. The van der Waals surface area contributed by atoms with Crippen molar-refractivity contribution in [3.05, 3.63) is 82.4 Å². The van der Waals surface area contributed by atoms with Crippen LogP contribution in [0.15, 0.2) is 60.7 Å². The standard InChI is InChI=1S/C34H37ClN2O9/c1-34(2,3)46-33(41)37(26-7-6-18-36-31(26)39)32(40)29(38)25-16-17-27(44-19-21-8-12-23(42-4)13-9-21)30(28(25)35)45-20-22-10-14-24(43-5)15-11-22/h8-17,26H,6-7,18-20H2,1-5H3,(H,36,39)/t26-/m0/s1. The first kappa shape index (κ1) is 34.1. The molecule has 0 aliphatic carbocycles. The van der Waals surface area contributed by atoms with Gasteiger partial charge in [0.15, 0.2) is 11.5 Å². The quantitative estimate of drug-likeness (QED) is 0.204. The Bertz CT molecular complexity index is 1570. The highest BCUT2D eigenvalue weighted by molar-refractivity contribution is 6.49. The molecule has 1 saturated heterocycles. The van der Waals surface area contributed by atoms with Crippen LogP contribution in [0.5, 0.6) is 23.0 Å². The fourth-order valence-electron chi connectivity index (χ4n) is 4.61. The number of rotatable bonds is 11. The van der Waals surface area contributed by atoms with Crippen LogP contribution in [-0.2, 0) is 27.5 Å². The van der Waals surface area contributed by atoms with Crippen molar-refractivity contribution in [1.29, 1.82) is 0 Å². The van der Waals surface area contributed by atoms with E-state index in [4.69, 9.17) is 35.3 Å². The minimum Gasteiger partial charge on any atom is -0.497 e. The number of Topliss-reactive ketones (excluding diaryl/α,β-unsaturated/α-hetero) is 1. The molecule has 0 radical (unpaired) electrons. The zero-order valence-electron chi connectivity index (χ0n) is 26.4. The van der Waals surface area contributed by atoms with Gasteiger partial charge in [0, 0.05) is 6.54 Å². The Balaban J connectivity index is 1.67.